The number of anilines is 1. The van der Waals surface area contributed by atoms with E-state index in [0.29, 0.717) is 23.0 Å². The Bertz CT molecular complexity index is 950. The van der Waals surface area contributed by atoms with Crippen LogP contribution in [-0.2, 0) is 4.79 Å². The molecule has 7 heteroatoms. The normalized spacial score (nSPS) is 14.5. The Morgan fingerprint density at radius 3 is 2.40 bits per heavy atom. The van der Waals surface area contributed by atoms with Gasteiger partial charge in [0.25, 0.3) is 5.91 Å². The summed E-state index contributed by atoms with van der Waals surface area (Å²) in [5.41, 5.74) is 2.71. The van der Waals surface area contributed by atoms with E-state index in [4.69, 9.17) is 11.6 Å². The Hall–Kier alpha value is -2.99. The number of hydrogen-bond donors (Lipinski definition) is 0. The summed E-state index contributed by atoms with van der Waals surface area (Å²) in [6.45, 7) is 0.349. The monoisotopic (exact) mass is 354 g/mol. The van der Waals surface area contributed by atoms with E-state index in [-0.39, 0.29) is 11.7 Å². The second-order valence-corrected chi connectivity index (χ2v) is 5.98. The van der Waals surface area contributed by atoms with Crippen LogP contribution in [0, 0.1) is 5.82 Å². The van der Waals surface area contributed by atoms with Gasteiger partial charge in [-0.3, -0.25) is 4.79 Å². The lowest BCUT2D eigenvalue weighted by atomic mass is 10.1. The van der Waals surface area contributed by atoms with E-state index in [2.05, 4.69) is 10.1 Å². The molecule has 0 spiro atoms. The van der Waals surface area contributed by atoms with Crippen LogP contribution in [0.5, 0.6) is 0 Å². The van der Waals surface area contributed by atoms with Crippen molar-refractivity contribution in [3.63, 3.8) is 0 Å². The first-order valence-electron chi connectivity index (χ1n) is 7.55. The molecule has 25 heavy (non-hydrogen) atoms. The molecule has 0 unspecified atom stereocenters. The van der Waals surface area contributed by atoms with Crippen LogP contribution in [0.4, 0.5) is 10.1 Å². The Morgan fingerprint density at radius 2 is 1.76 bits per heavy atom. The van der Waals surface area contributed by atoms with Crippen LogP contribution in [0.3, 0.4) is 0 Å². The smallest absolute Gasteiger partial charge is 0.277 e. The molecule has 124 valence electrons. The average molecular weight is 355 g/mol. The Labute approximate surface area is 148 Å². The van der Waals surface area contributed by atoms with E-state index in [9.17, 15) is 9.18 Å². The molecule has 0 N–H and O–H groups in total. The molecule has 2 heterocycles. The molecule has 0 bridgehead atoms. The van der Waals surface area contributed by atoms with Gasteiger partial charge >= 0.3 is 0 Å². The molecule has 0 saturated carbocycles. The number of carbonyl (C=O) groups is 1. The Kier molecular flexibility index (Phi) is 3.82. The Morgan fingerprint density at radius 1 is 1.04 bits per heavy atom. The summed E-state index contributed by atoms with van der Waals surface area (Å²) in [5, 5.41) is 4.72. The highest BCUT2D eigenvalue weighted by molar-refractivity contribution is 6.32. The number of rotatable bonds is 3. The lowest BCUT2D eigenvalue weighted by Gasteiger charge is -2.16. The maximum atomic E-state index is 13.2. The fourth-order valence-corrected chi connectivity index (χ4v) is 2.96. The van der Waals surface area contributed by atoms with Crippen molar-refractivity contribution in [1.82, 2.24) is 14.8 Å². The van der Waals surface area contributed by atoms with Crippen molar-refractivity contribution in [3.05, 3.63) is 77.6 Å². The molecule has 1 aliphatic heterocycles. The lowest BCUT2D eigenvalue weighted by Crippen LogP contribution is -2.27. The van der Waals surface area contributed by atoms with E-state index in [1.54, 1.807) is 29.2 Å². The molecule has 0 radical (unpaired) electrons. The van der Waals surface area contributed by atoms with Crippen LogP contribution in [0.1, 0.15) is 5.56 Å². The summed E-state index contributed by atoms with van der Waals surface area (Å²) in [6.07, 6.45) is 2.86. The first-order chi connectivity index (χ1) is 12.1. The van der Waals surface area contributed by atoms with Crippen molar-refractivity contribution in [2.24, 2.45) is 0 Å². The molecule has 0 fully saturated rings. The van der Waals surface area contributed by atoms with Gasteiger partial charge < -0.3 is 4.90 Å². The Balaban J connectivity index is 1.80. The molecule has 0 aliphatic carbocycles. The van der Waals surface area contributed by atoms with Crippen molar-refractivity contribution in [2.45, 2.75) is 0 Å². The summed E-state index contributed by atoms with van der Waals surface area (Å²) in [5.74, 6) is -0.570. The SMILES string of the molecule is O=C1C(n2cncn2)=C(c2ccc(Cl)cc2)CN1c1ccc(F)cc1. The number of hydrogen-bond acceptors (Lipinski definition) is 3. The van der Waals surface area contributed by atoms with Gasteiger partial charge in [-0.15, -0.1) is 0 Å². The summed E-state index contributed by atoms with van der Waals surface area (Å²) < 4.78 is 14.7. The molecule has 0 saturated heterocycles. The van der Waals surface area contributed by atoms with Crippen LogP contribution in [0.15, 0.2) is 61.2 Å². The van der Waals surface area contributed by atoms with Gasteiger partial charge in [-0.2, -0.15) is 5.10 Å². The molecule has 1 aromatic heterocycles. The van der Waals surface area contributed by atoms with Gasteiger partial charge in [0.1, 0.15) is 24.2 Å². The summed E-state index contributed by atoms with van der Waals surface area (Å²) in [7, 11) is 0. The number of benzene rings is 2. The van der Waals surface area contributed by atoms with Gasteiger partial charge in [-0.1, -0.05) is 23.7 Å². The third-order valence-electron chi connectivity index (χ3n) is 4.03. The van der Waals surface area contributed by atoms with E-state index in [1.807, 2.05) is 12.1 Å². The highest BCUT2D eigenvalue weighted by Gasteiger charge is 2.33. The predicted molar refractivity (Wildman–Crippen MR) is 93.3 cm³/mol. The zero-order chi connectivity index (χ0) is 17.4. The zero-order valence-corrected chi connectivity index (χ0v) is 13.7. The lowest BCUT2D eigenvalue weighted by molar-refractivity contribution is -0.113. The van der Waals surface area contributed by atoms with Crippen molar-refractivity contribution in [3.8, 4) is 0 Å². The molecule has 3 aromatic rings. The number of amides is 1. The molecular formula is C18H12ClFN4O. The van der Waals surface area contributed by atoms with Crippen LogP contribution >= 0.6 is 11.6 Å². The van der Waals surface area contributed by atoms with E-state index in [0.717, 1.165) is 11.1 Å². The quantitative estimate of drug-likeness (QED) is 0.723. The van der Waals surface area contributed by atoms with Crippen LogP contribution in [0.2, 0.25) is 5.02 Å². The molecule has 2 aromatic carbocycles. The van der Waals surface area contributed by atoms with Crippen molar-refractivity contribution < 1.29 is 9.18 Å². The second kappa shape index (κ2) is 6.14. The average Bonchev–Trinajstić information content (AvgIpc) is 3.24. The number of nitrogens with zero attached hydrogens (tertiary/aromatic N) is 4. The third-order valence-corrected chi connectivity index (χ3v) is 4.28. The van der Waals surface area contributed by atoms with Crippen molar-refractivity contribution in [1.29, 1.82) is 0 Å². The van der Waals surface area contributed by atoms with E-state index in [1.165, 1.54) is 29.5 Å². The summed E-state index contributed by atoms with van der Waals surface area (Å²) in [6, 6.07) is 13.1. The molecule has 4 rings (SSSR count). The largest absolute Gasteiger partial charge is 0.302 e. The minimum Gasteiger partial charge on any atom is -0.302 e. The summed E-state index contributed by atoms with van der Waals surface area (Å²) in [4.78, 5) is 18.5. The standard InChI is InChI=1S/C18H12ClFN4O/c19-13-3-1-12(2-4-13)16-9-23(15-7-5-14(20)6-8-15)18(25)17(16)24-11-21-10-22-24/h1-8,10-11H,9H2. The molecular weight excluding hydrogens is 343 g/mol. The van der Waals surface area contributed by atoms with Crippen LogP contribution in [0.25, 0.3) is 11.3 Å². The van der Waals surface area contributed by atoms with E-state index >= 15 is 0 Å². The highest BCUT2D eigenvalue weighted by atomic mass is 35.5. The van der Waals surface area contributed by atoms with Crippen LogP contribution in [-0.4, -0.2) is 27.2 Å². The summed E-state index contributed by atoms with van der Waals surface area (Å²) >= 11 is 5.97. The molecule has 1 amide bonds. The molecule has 5 nitrogen and oxygen atoms in total. The van der Waals surface area contributed by atoms with Crippen LogP contribution < -0.4 is 4.90 Å². The number of halogens is 2. The maximum absolute atomic E-state index is 13.2. The van der Waals surface area contributed by atoms with Gasteiger partial charge in [0.2, 0.25) is 0 Å². The number of carbonyl (C=O) groups excluding carboxylic acids is 1. The molecule has 1 aliphatic rings. The molecule has 0 atom stereocenters. The predicted octanol–water partition coefficient (Wildman–Crippen LogP) is 3.49. The van der Waals surface area contributed by atoms with Gasteiger partial charge in [0.15, 0.2) is 0 Å². The highest BCUT2D eigenvalue weighted by Crippen LogP contribution is 2.34. The number of aromatic nitrogens is 3. The second-order valence-electron chi connectivity index (χ2n) is 5.54. The van der Waals surface area contributed by atoms with Gasteiger partial charge in [-0.25, -0.2) is 14.1 Å². The topological polar surface area (TPSA) is 51.0 Å². The first kappa shape index (κ1) is 15.5. The van der Waals surface area contributed by atoms with Gasteiger partial charge in [0.05, 0.1) is 6.54 Å². The van der Waals surface area contributed by atoms with Crippen molar-refractivity contribution in [2.75, 3.05) is 11.4 Å². The van der Waals surface area contributed by atoms with Gasteiger partial charge in [0, 0.05) is 16.3 Å². The minimum atomic E-state index is -0.349. The zero-order valence-electron chi connectivity index (χ0n) is 12.9. The fraction of sp³-hybridized carbons (Fsp3) is 0.0556. The maximum Gasteiger partial charge on any atom is 0.277 e. The van der Waals surface area contributed by atoms with Crippen molar-refractivity contribution >= 4 is 34.5 Å². The minimum absolute atomic E-state index is 0.220. The first-order valence-corrected chi connectivity index (χ1v) is 7.93. The third kappa shape index (κ3) is 2.81. The van der Waals surface area contributed by atoms with E-state index < -0.39 is 0 Å². The fourth-order valence-electron chi connectivity index (χ4n) is 2.83. The van der Waals surface area contributed by atoms with Gasteiger partial charge in [-0.05, 0) is 42.0 Å².